The zero-order chi connectivity index (χ0) is 85.4. The maximum atomic E-state index is 14.6. The van der Waals surface area contributed by atoms with Crippen LogP contribution in [0.15, 0.2) is 36.4 Å². The molecule has 44 heteroatoms. The monoisotopic (exact) mass is 1840 g/mol. The fourth-order valence-corrected chi connectivity index (χ4v) is 20.5. The van der Waals surface area contributed by atoms with Crippen LogP contribution in [-0.2, 0) is 28.2 Å². The smallest absolute Gasteiger partial charge is 0.165 e. The molecular formula is C74H18F4N34S2Se4. The predicted octanol–water partition coefficient (Wildman–Crippen LogP) is 0.155. The second kappa shape index (κ2) is 34.2. The number of fused-ring (bicyclic) bond motifs is 15. The summed E-state index contributed by atoms with van der Waals surface area (Å²) in [5.74, 6) is -4.64. The summed E-state index contributed by atoms with van der Waals surface area (Å²) in [5.41, 5.74) is 2.98. The third-order valence-electron chi connectivity index (χ3n) is 16.2. The predicted molar refractivity (Wildman–Crippen MR) is 407 cm³/mol. The maximum Gasteiger partial charge on any atom is 0.165 e. The van der Waals surface area contributed by atoms with E-state index >= 15 is 0 Å². The Hall–Kier alpha value is -17.3. The summed E-state index contributed by atoms with van der Waals surface area (Å²) in [4.78, 5) is 42.5. The van der Waals surface area contributed by atoms with Crippen molar-refractivity contribution in [1.82, 2.24) is 68.1 Å². The minimum Gasteiger partial charge on any atom is -0.232 e. The van der Waals surface area contributed by atoms with Crippen LogP contribution in [0.5, 0.6) is 0 Å². The van der Waals surface area contributed by atoms with Crippen molar-refractivity contribution in [2.75, 3.05) is 0 Å². The zero-order valence-electron chi connectivity index (χ0n) is 58.6. The van der Waals surface area contributed by atoms with Gasteiger partial charge in [-0.2, -0.15) is 63.1 Å². The SMILES string of the molecule is Cn1c(=C(C#N)C#N)nc2c3nc(=C(C#N)C#N)n(C)c3c(F)c(F)c21.Cn1c(=C(C#N)C#N)nc2c3nc(=C(C#N)C#N)n(C)c3ccc21.N#CC(C#N)=c1nc2c([se]1)c(F)c(F)c1[se]c(=C(C#N)C#N)nc12.N#CC(C#N)=c1nc2c(ccc3[se]c(=C(C#N)C#N)nc32)[se]1.N#CC(C#N)=c1nc2c(ccc3sc(=C(C#N)C#N)nc32)s1. The van der Waals surface area contributed by atoms with Gasteiger partial charge in [0.15, 0.2) is 67.0 Å². The van der Waals surface area contributed by atoms with Crippen LogP contribution in [0.2, 0.25) is 0 Å². The Labute approximate surface area is 683 Å². The molecule has 0 amide bonds. The molecule has 0 saturated heterocycles. The second-order valence-electron chi connectivity index (χ2n) is 22.4. The van der Waals surface area contributed by atoms with Crippen molar-refractivity contribution in [2.24, 2.45) is 28.2 Å². The Balaban J connectivity index is 0.000000145. The molecule has 0 aliphatic rings. The standard InChI is InChI=1S/C16H6F2N8.C16H8N8.C14F2N6Se2.C14H2N6S2.C14H2N6Se2/c1-25-13-9(17)10(18)14-12(11(13)23-15(25)7(3-19)4-20)24-16(26(14)2)8(5-21)6-22;1-23-11-3-4-12-14(13(11)21-15(23)9(5-17)6-18)22-16(24(12)2)10(7-19)8-20;15-7-8(16)12-10(22-14(24-12)6(3-19)4-20)9-11(7)23-13(21-9)5(1-17)2-18;2*15-3-7(4-16)13-19-11-9(21-13)1-2-10-12(11)20-14(22-10)8(5-17)6-18/h1-2H3;3-4H,1-2H3;;2*1-2H. The van der Waals surface area contributed by atoms with Crippen LogP contribution >= 0.6 is 22.7 Å². The number of aromatic nitrogens is 14. The Bertz CT molecular complexity index is 8010. The van der Waals surface area contributed by atoms with Crippen LogP contribution in [0.4, 0.5) is 17.6 Å². The maximum absolute atomic E-state index is 14.6. The third-order valence-corrected chi connectivity index (χ3v) is 27.1. The van der Waals surface area contributed by atoms with Gasteiger partial charge in [0.25, 0.3) is 0 Å². The van der Waals surface area contributed by atoms with E-state index in [9.17, 15) is 17.6 Å². The second-order valence-corrected chi connectivity index (χ2v) is 33.0. The minimum absolute atomic E-state index is 0.0204. The molecule has 0 bridgehead atoms. The van der Waals surface area contributed by atoms with E-state index < -0.39 is 52.3 Å². The van der Waals surface area contributed by atoms with Crippen molar-refractivity contribution < 1.29 is 17.6 Å². The number of benzene rings is 5. The molecule has 34 nitrogen and oxygen atoms in total. The summed E-state index contributed by atoms with van der Waals surface area (Å²) >= 11 is 0.395. The molecule has 10 aromatic heterocycles. The number of imidazole rings is 4. The van der Waals surface area contributed by atoms with Crippen molar-refractivity contribution in [3.63, 3.8) is 0 Å². The van der Waals surface area contributed by atoms with Crippen molar-refractivity contribution >= 4 is 240 Å². The molecule has 0 unspecified atom stereocenters. The van der Waals surface area contributed by atoms with E-state index in [1.165, 1.54) is 36.8 Å². The van der Waals surface area contributed by atoms with Crippen LogP contribution in [0.25, 0.3) is 159 Å². The molecule has 5 aromatic carbocycles. The average Bonchev–Trinajstić information content (AvgIpc) is 1.58. The van der Waals surface area contributed by atoms with Crippen LogP contribution in [0.3, 0.4) is 0 Å². The van der Waals surface area contributed by atoms with Gasteiger partial charge in [-0.05, 0) is 24.3 Å². The molecule has 0 fully saturated rings. The van der Waals surface area contributed by atoms with Gasteiger partial charge in [0.05, 0.1) is 20.4 Å². The van der Waals surface area contributed by atoms with Gasteiger partial charge in [0, 0.05) is 28.2 Å². The van der Waals surface area contributed by atoms with E-state index in [1.807, 2.05) is 97.1 Å². The summed E-state index contributed by atoms with van der Waals surface area (Å²) < 4.78 is 68.7. The van der Waals surface area contributed by atoms with E-state index in [-0.39, 0.29) is 157 Å². The normalized spacial score (nSPS) is 9.86. The molecule has 15 rings (SSSR count). The molecule has 15 aromatic rings. The number of thiazole rings is 2. The zero-order valence-corrected chi connectivity index (χ0v) is 67.1. The van der Waals surface area contributed by atoms with Gasteiger partial charge in [0.2, 0.25) is 0 Å². The molecule has 0 atom stereocenters. The van der Waals surface area contributed by atoms with Crippen molar-refractivity contribution in [2.45, 2.75) is 0 Å². The Morgan fingerprint density at radius 1 is 0.263 bits per heavy atom. The summed E-state index contributed by atoms with van der Waals surface area (Å²) in [6.07, 6.45) is 0. The van der Waals surface area contributed by atoms with E-state index in [4.69, 9.17) is 105 Å². The van der Waals surface area contributed by atoms with Crippen LogP contribution in [0.1, 0.15) is 0 Å². The molecule has 548 valence electrons. The number of nitriles is 20. The topological polar surface area (TPSA) is 624 Å². The minimum atomic E-state index is -1.24. The van der Waals surface area contributed by atoms with Crippen LogP contribution in [0, 0.1) is 250 Å². The van der Waals surface area contributed by atoms with Crippen molar-refractivity contribution in [3.8, 4) is 121 Å². The fraction of sp³-hybridized carbons (Fsp3) is 0.0541. The summed E-state index contributed by atoms with van der Waals surface area (Å²) in [5, 5.41) is 180. The van der Waals surface area contributed by atoms with E-state index in [2.05, 4.69) is 49.8 Å². The third kappa shape index (κ3) is 14.2. The van der Waals surface area contributed by atoms with E-state index in [0.29, 0.717) is 61.9 Å². The molecule has 10 heterocycles. The first-order valence-electron chi connectivity index (χ1n) is 31.2. The Morgan fingerprint density at radius 2 is 0.517 bits per heavy atom. The average molecular weight is 1840 g/mol. The van der Waals surface area contributed by atoms with Crippen LogP contribution < -0.4 is 48.1 Å². The Kier molecular flexibility index (Phi) is 23.7. The first kappa shape index (κ1) is 81.7. The van der Waals surface area contributed by atoms with Crippen molar-refractivity contribution in [1.29, 1.82) is 105 Å². The molecule has 0 radical (unpaired) electrons. The quantitative estimate of drug-likeness (QED) is 0.144. The molecule has 0 spiro atoms. The van der Waals surface area contributed by atoms with Gasteiger partial charge in [-0.15, -0.1) is 22.7 Å². The molecule has 118 heavy (non-hydrogen) atoms. The number of hydrogen-bond donors (Lipinski definition) is 0. The van der Waals surface area contributed by atoms with Gasteiger partial charge in [0.1, 0.15) is 126 Å². The molecule has 0 saturated carbocycles. The number of nitrogens with zero attached hydrogens (tertiary/aromatic N) is 34. The summed E-state index contributed by atoms with van der Waals surface area (Å²) in [6, 6.07) is 46.4. The first-order chi connectivity index (χ1) is 56.9. The summed E-state index contributed by atoms with van der Waals surface area (Å²) in [7, 11) is 6.08. The number of aryl methyl sites for hydroxylation is 4. The van der Waals surface area contributed by atoms with Crippen molar-refractivity contribution in [3.05, 3.63) is 108 Å². The van der Waals surface area contributed by atoms with Gasteiger partial charge >= 0.3 is 279 Å². The van der Waals surface area contributed by atoms with Gasteiger partial charge in [-0.3, -0.25) is 0 Å². The van der Waals surface area contributed by atoms with Crippen LogP contribution in [-0.4, -0.2) is 126 Å². The Morgan fingerprint density at radius 3 is 0.797 bits per heavy atom. The number of hydrogen-bond acceptors (Lipinski definition) is 32. The van der Waals surface area contributed by atoms with E-state index in [1.54, 1.807) is 83.9 Å². The van der Waals surface area contributed by atoms with E-state index in [0.717, 1.165) is 27.1 Å². The first-order valence-corrected chi connectivity index (χ1v) is 39.7. The molecule has 0 aliphatic heterocycles. The molecular weight excluding hydrogens is 1820 g/mol. The number of halogens is 4. The summed E-state index contributed by atoms with van der Waals surface area (Å²) in [6.45, 7) is 0. The molecule has 0 aliphatic carbocycles. The van der Waals surface area contributed by atoms with Gasteiger partial charge in [-0.1, -0.05) is 0 Å². The fourth-order valence-electron chi connectivity index (χ4n) is 10.9. The van der Waals surface area contributed by atoms with Gasteiger partial charge in [-0.25, -0.2) is 38.7 Å². The molecule has 0 N–H and O–H groups in total. The largest absolute Gasteiger partial charge is 0.232 e. The number of rotatable bonds is 0. The van der Waals surface area contributed by atoms with Gasteiger partial charge < -0.3 is 18.3 Å².